The SMILES string of the molecule is Cc1ccc(C(=O)Nc2cc(C)c(N)cn2)cc1. The molecule has 4 nitrogen and oxygen atoms in total. The van der Waals surface area contributed by atoms with E-state index < -0.39 is 0 Å². The van der Waals surface area contributed by atoms with Crippen LogP contribution < -0.4 is 11.1 Å². The molecule has 1 aromatic carbocycles. The van der Waals surface area contributed by atoms with Crippen LogP contribution >= 0.6 is 0 Å². The second kappa shape index (κ2) is 4.87. The monoisotopic (exact) mass is 241 g/mol. The van der Waals surface area contributed by atoms with Gasteiger partial charge in [-0.3, -0.25) is 4.79 Å². The molecule has 0 spiro atoms. The number of aryl methyl sites for hydroxylation is 2. The molecule has 0 unspecified atom stereocenters. The Balaban J connectivity index is 2.16. The van der Waals surface area contributed by atoms with Crippen LogP contribution in [0.15, 0.2) is 36.5 Å². The molecule has 1 aromatic heterocycles. The van der Waals surface area contributed by atoms with Gasteiger partial charge in [-0.2, -0.15) is 0 Å². The lowest BCUT2D eigenvalue weighted by Gasteiger charge is -2.06. The van der Waals surface area contributed by atoms with Gasteiger partial charge in [0.05, 0.1) is 11.9 Å². The van der Waals surface area contributed by atoms with Gasteiger partial charge in [0, 0.05) is 5.56 Å². The average molecular weight is 241 g/mol. The van der Waals surface area contributed by atoms with Gasteiger partial charge in [0.25, 0.3) is 5.91 Å². The first-order valence-electron chi connectivity index (χ1n) is 5.66. The number of nitrogens with one attached hydrogen (secondary N) is 1. The zero-order chi connectivity index (χ0) is 13.1. The number of nitrogens with zero attached hydrogens (tertiary/aromatic N) is 1. The molecule has 0 aliphatic rings. The van der Waals surface area contributed by atoms with Gasteiger partial charge in [-0.1, -0.05) is 17.7 Å². The number of amides is 1. The topological polar surface area (TPSA) is 68.0 Å². The van der Waals surface area contributed by atoms with Gasteiger partial charge in [0.1, 0.15) is 5.82 Å². The van der Waals surface area contributed by atoms with Crippen molar-refractivity contribution >= 4 is 17.4 Å². The van der Waals surface area contributed by atoms with E-state index >= 15 is 0 Å². The summed E-state index contributed by atoms with van der Waals surface area (Å²) in [5.74, 6) is 0.332. The maximum atomic E-state index is 11.9. The Kier molecular flexibility index (Phi) is 3.28. The summed E-state index contributed by atoms with van der Waals surface area (Å²) in [5.41, 5.74) is 8.91. The lowest BCUT2D eigenvalue weighted by atomic mass is 10.1. The number of benzene rings is 1. The molecule has 0 radical (unpaired) electrons. The van der Waals surface area contributed by atoms with E-state index in [2.05, 4.69) is 10.3 Å². The highest BCUT2D eigenvalue weighted by molar-refractivity contribution is 6.03. The molecule has 2 aromatic rings. The summed E-state index contributed by atoms with van der Waals surface area (Å²) in [5, 5.41) is 2.74. The van der Waals surface area contributed by atoms with Gasteiger partial charge >= 0.3 is 0 Å². The zero-order valence-corrected chi connectivity index (χ0v) is 10.4. The zero-order valence-electron chi connectivity index (χ0n) is 10.4. The minimum absolute atomic E-state index is 0.174. The van der Waals surface area contributed by atoms with Crippen molar-refractivity contribution in [1.29, 1.82) is 0 Å². The Bertz CT molecular complexity index is 576. The molecule has 0 saturated heterocycles. The third-order valence-electron chi connectivity index (χ3n) is 2.71. The summed E-state index contributed by atoms with van der Waals surface area (Å²) >= 11 is 0. The fraction of sp³-hybridized carbons (Fsp3) is 0.143. The maximum Gasteiger partial charge on any atom is 0.256 e. The summed E-state index contributed by atoms with van der Waals surface area (Å²) in [6, 6.07) is 9.12. The van der Waals surface area contributed by atoms with E-state index in [0.29, 0.717) is 17.1 Å². The number of nitrogen functional groups attached to an aromatic ring is 1. The van der Waals surface area contributed by atoms with Crippen molar-refractivity contribution in [3.8, 4) is 0 Å². The normalized spacial score (nSPS) is 10.1. The number of aromatic nitrogens is 1. The van der Waals surface area contributed by atoms with E-state index in [1.54, 1.807) is 24.4 Å². The molecule has 0 aliphatic carbocycles. The molecule has 4 heteroatoms. The highest BCUT2D eigenvalue weighted by atomic mass is 16.1. The van der Waals surface area contributed by atoms with Crippen LogP contribution in [0, 0.1) is 13.8 Å². The Morgan fingerprint density at radius 3 is 2.50 bits per heavy atom. The molecule has 0 atom stereocenters. The molecule has 0 aliphatic heterocycles. The summed E-state index contributed by atoms with van der Waals surface area (Å²) in [4.78, 5) is 16.0. The van der Waals surface area contributed by atoms with Gasteiger partial charge in [-0.25, -0.2) is 4.98 Å². The second-order valence-electron chi connectivity index (χ2n) is 4.25. The van der Waals surface area contributed by atoms with Crippen LogP contribution in [0.3, 0.4) is 0 Å². The van der Waals surface area contributed by atoms with Crippen LogP contribution in [0.25, 0.3) is 0 Å². The van der Waals surface area contributed by atoms with Crippen LogP contribution in [0.2, 0.25) is 0 Å². The van der Waals surface area contributed by atoms with Crippen molar-refractivity contribution in [1.82, 2.24) is 4.98 Å². The Morgan fingerprint density at radius 2 is 1.89 bits per heavy atom. The Morgan fingerprint density at radius 1 is 1.22 bits per heavy atom. The first kappa shape index (κ1) is 12.1. The summed E-state index contributed by atoms with van der Waals surface area (Å²) in [6.07, 6.45) is 1.54. The van der Waals surface area contributed by atoms with Crippen molar-refractivity contribution in [2.45, 2.75) is 13.8 Å². The molecule has 3 N–H and O–H groups in total. The molecule has 0 bridgehead atoms. The first-order valence-corrected chi connectivity index (χ1v) is 5.66. The van der Waals surface area contributed by atoms with E-state index in [1.807, 2.05) is 26.0 Å². The van der Waals surface area contributed by atoms with Crippen molar-refractivity contribution < 1.29 is 4.79 Å². The van der Waals surface area contributed by atoms with E-state index in [4.69, 9.17) is 5.73 Å². The quantitative estimate of drug-likeness (QED) is 0.849. The largest absolute Gasteiger partial charge is 0.397 e. The summed E-state index contributed by atoms with van der Waals surface area (Å²) < 4.78 is 0. The predicted octanol–water partition coefficient (Wildman–Crippen LogP) is 2.53. The van der Waals surface area contributed by atoms with Gasteiger partial charge < -0.3 is 11.1 Å². The van der Waals surface area contributed by atoms with Gasteiger partial charge in [0.15, 0.2) is 0 Å². The van der Waals surface area contributed by atoms with Crippen molar-refractivity contribution in [3.63, 3.8) is 0 Å². The minimum Gasteiger partial charge on any atom is -0.397 e. The third kappa shape index (κ3) is 2.66. The number of hydrogen-bond acceptors (Lipinski definition) is 3. The average Bonchev–Trinajstić information content (AvgIpc) is 2.34. The lowest BCUT2D eigenvalue weighted by molar-refractivity contribution is 0.102. The van der Waals surface area contributed by atoms with E-state index in [0.717, 1.165) is 11.1 Å². The number of nitrogens with two attached hydrogens (primary N) is 1. The van der Waals surface area contributed by atoms with E-state index in [9.17, 15) is 4.79 Å². The number of carbonyl (C=O) groups is 1. The molecule has 18 heavy (non-hydrogen) atoms. The van der Waals surface area contributed by atoms with Gasteiger partial charge in [-0.15, -0.1) is 0 Å². The molecule has 1 heterocycles. The molecule has 0 fully saturated rings. The minimum atomic E-state index is -0.174. The van der Waals surface area contributed by atoms with Crippen molar-refractivity contribution in [3.05, 3.63) is 53.2 Å². The van der Waals surface area contributed by atoms with Crippen LogP contribution in [0.5, 0.6) is 0 Å². The van der Waals surface area contributed by atoms with Crippen LogP contribution in [-0.2, 0) is 0 Å². The molecular weight excluding hydrogens is 226 g/mol. The fourth-order valence-electron chi connectivity index (χ4n) is 1.53. The highest BCUT2D eigenvalue weighted by Crippen LogP contribution is 2.14. The molecule has 92 valence electrons. The molecule has 2 rings (SSSR count). The molecule has 1 amide bonds. The second-order valence-corrected chi connectivity index (χ2v) is 4.25. The Hall–Kier alpha value is -2.36. The first-order chi connectivity index (χ1) is 8.56. The van der Waals surface area contributed by atoms with Gasteiger partial charge in [0.2, 0.25) is 0 Å². The molecular formula is C14H15N3O. The summed E-state index contributed by atoms with van der Waals surface area (Å²) in [6.45, 7) is 3.85. The van der Waals surface area contributed by atoms with Crippen molar-refractivity contribution in [2.75, 3.05) is 11.1 Å². The van der Waals surface area contributed by atoms with Crippen LogP contribution in [-0.4, -0.2) is 10.9 Å². The number of anilines is 2. The highest BCUT2D eigenvalue weighted by Gasteiger charge is 2.07. The smallest absolute Gasteiger partial charge is 0.256 e. The van der Waals surface area contributed by atoms with Crippen molar-refractivity contribution in [2.24, 2.45) is 0 Å². The maximum absolute atomic E-state index is 11.9. The third-order valence-corrected chi connectivity index (χ3v) is 2.71. The number of pyridine rings is 1. The fourth-order valence-corrected chi connectivity index (χ4v) is 1.53. The Labute approximate surface area is 106 Å². The number of carbonyl (C=O) groups excluding carboxylic acids is 1. The van der Waals surface area contributed by atoms with E-state index in [1.165, 1.54) is 0 Å². The lowest BCUT2D eigenvalue weighted by Crippen LogP contribution is -2.13. The predicted molar refractivity (Wildman–Crippen MR) is 72.5 cm³/mol. The standard InChI is InChI=1S/C14H15N3O/c1-9-3-5-11(6-4-9)14(18)17-13-7-10(2)12(15)8-16-13/h3-8H,15H2,1-2H3,(H,16,17,18). The van der Waals surface area contributed by atoms with E-state index in [-0.39, 0.29) is 5.91 Å². The number of hydrogen-bond donors (Lipinski definition) is 2. The van der Waals surface area contributed by atoms with Crippen LogP contribution in [0.1, 0.15) is 21.5 Å². The van der Waals surface area contributed by atoms with Crippen LogP contribution in [0.4, 0.5) is 11.5 Å². The number of rotatable bonds is 2. The van der Waals surface area contributed by atoms with Gasteiger partial charge in [-0.05, 0) is 37.6 Å². The molecule has 0 saturated carbocycles. The summed E-state index contributed by atoms with van der Waals surface area (Å²) in [7, 11) is 0.